The molecule has 4 aromatic rings. The highest BCUT2D eigenvalue weighted by Crippen LogP contribution is 2.31. The number of carbonyl (C=O) groups is 2. The van der Waals surface area contributed by atoms with Gasteiger partial charge in [-0.2, -0.15) is 5.10 Å². The Balaban J connectivity index is 1.43. The molecule has 0 bridgehead atoms. The summed E-state index contributed by atoms with van der Waals surface area (Å²) in [5.74, 6) is -0.140. The normalized spacial score (nSPS) is 12.4. The Morgan fingerprint density at radius 1 is 0.974 bits per heavy atom. The number of hydrogen-bond acceptors (Lipinski definition) is 4. The van der Waals surface area contributed by atoms with E-state index in [9.17, 15) is 9.59 Å². The Kier molecular flexibility index (Phi) is 8.63. The summed E-state index contributed by atoms with van der Waals surface area (Å²) >= 11 is 3.44. The van der Waals surface area contributed by atoms with Crippen molar-refractivity contribution in [1.29, 1.82) is 0 Å². The molecule has 0 aliphatic heterocycles. The van der Waals surface area contributed by atoms with Crippen LogP contribution in [-0.2, 0) is 18.2 Å². The molecule has 0 spiro atoms. The summed E-state index contributed by atoms with van der Waals surface area (Å²) in [4.78, 5) is 25.5. The van der Waals surface area contributed by atoms with Gasteiger partial charge in [0.25, 0.3) is 5.91 Å². The van der Waals surface area contributed by atoms with Gasteiger partial charge in [-0.25, -0.2) is 4.79 Å². The van der Waals surface area contributed by atoms with Crippen molar-refractivity contribution in [2.24, 2.45) is 7.05 Å². The van der Waals surface area contributed by atoms with Gasteiger partial charge in [-0.3, -0.25) is 14.8 Å². The molecule has 196 valence electrons. The van der Waals surface area contributed by atoms with Gasteiger partial charge in [0.1, 0.15) is 6.10 Å². The molecule has 1 heterocycles. The zero-order valence-electron chi connectivity index (χ0n) is 21.9. The lowest BCUT2D eigenvalue weighted by atomic mass is 10.1. The van der Waals surface area contributed by atoms with Crippen molar-refractivity contribution in [2.45, 2.75) is 39.3 Å². The maximum absolute atomic E-state index is 12.8. The van der Waals surface area contributed by atoms with Crippen molar-refractivity contribution in [3.63, 3.8) is 0 Å². The molecule has 0 fully saturated rings. The average molecular weight is 576 g/mol. The maximum Gasteiger partial charge on any atom is 0.412 e. The molecule has 4 rings (SSSR count). The highest BCUT2D eigenvalue weighted by atomic mass is 79.9. The van der Waals surface area contributed by atoms with Crippen molar-refractivity contribution in [2.75, 3.05) is 5.32 Å². The van der Waals surface area contributed by atoms with Gasteiger partial charge in [-0.05, 0) is 62.6 Å². The first-order valence-electron chi connectivity index (χ1n) is 12.4. The van der Waals surface area contributed by atoms with Crippen LogP contribution >= 0.6 is 15.9 Å². The molecular weight excluding hydrogens is 544 g/mol. The summed E-state index contributed by atoms with van der Waals surface area (Å²) in [7, 11) is 1.82. The molecule has 0 aliphatic rings. The van der Waals surface area contributed by atoms with Gasteiger partial charge in [0, 0.05) is 28.7 Å². The number of ether oxygens (including phenoxy) is 1. The Hall–Kier alpha value is -3.91. The second-order valence-corrected chi connectivity index (χ2v) is 10.2. The molecule has 38 heavy (non-hydrogen) atoms. The van der Waals surface area contributed by atoms with Crippen molar-refractivity contribution >= 4 is 33.6 Å². The number of halogens is 1. The van der Waals surface area contributed by atoms with E-state index in [1.807, 2.05) is 94.5 Å². The third kappa shape index (κ3) is 6.69. The lowest BCUT2D eigenvalue weighted by molar-refractivity contribution is 0.0940. The van der Waals surface area contributed by atoms with E-state index >= 15 is 0 Å². The van der Waals surface area contributed by atoms with E-state index in [0.717, 1.165) is 33.3 Å². The largest absolute Gasteiger partial charge is 0.441 e. The lowest BCUT2D eigenvalue weighted by Crippen LogP contribution is -2.34. The molecule has 0 radical (unpaired) electrons. The number of carbonyl (C=O) groups excluding carboxylic acids is 2. The maximum atomic E-state index is 12.8. The number of anilines is 1. The molecule has 2 N–H and O–H groups in total. The predicted molar refractivity (Wildman–Crippen MR) is 153 cm³/mol. The van der Waals surface area contributed by atoms with Crippen LogP contribution < -0.4 is 10.6 Å². The van der Waals surface area contributed by atoms with Gasteiger partial charge in [0.05, 0.1) is 17.1 Å². The second-order valence-electron chi connectivity index (χ2n) is 9.30. The molecule has 0 saturated heterocycles. The minimum absolute atomic E-state index is 0.0248. The van der Waals surface area contributed by atoms with Crippen molar-refractivity contribution in [1.82, 2.24) is 15.1 Å². The molecule has 0 saturated carbocycles. The van der Waals surface area contributed by atoms with Crippen molar-refractivity contribution in [3.8, 4) is 11.3 Å². The lowest BCUT2D eigenvalue weighted by Gasteiger charge is -2.15. The summed E-state index contributed by atoms with van der Waals surface area (Å²) in [5, 5.41) is 10.4. The quantitative estimate of drug-likeness (QED) is 0.241. The molecule has 2 atom stereocenters. The van der Waals surface area contributed by atoms with E-state index in [1.165, 1.54) is 0 Å². The van der Waals surface area contributed by atoms with Crippen LogP contribution in [0, 0.1) is 6.92 Å². The minimum atomic E-state index is -0.561. The average Bonchev–Trinajstić information content (AvgIpc) is 3.17. The third-order valence-corrected chi connectivity index (χ3v) is 6.78. The fraction of sp³-hybridized carbons (Fsp3) is 0.233. The van der Waals surface area contributed by atoms with E-state index in [4.69, 9.17) is 4.74 Å². The van der Waals surface area contributed by atoms with Gasteiger partial charge < -0.3 is 10.1 Å². The molecule has 2 amide bonds. The van der Waals surface area contributed by atoms with Gasteiger partial charge in [-0.15, -0.1) is 0 Å². The molecule has 0 aliphatic carbocycles. The topological polar surface area (TPSA) is 85.3 Å². The van der Waals surface area contributed by atoms with Crippen LogP contribution in [0.1, 0.15) is 47.1 Å². The van der Waals surface area contributed by atoms with Crippen LogP contribution in [0.25, 0.3) is 11.3 Å². The monoisotopic (exact) mass is 574 g/mol. The van der Waals surface area contributed by atoms with E-state index in [2.05, 4.69) is 31.7 Å². The summed E-state index contributed by atoms with van der Waals surface area (Å²) in [6, 6.07) is 24.9. The number of benzene rings is 3. The highest BCUT2D eigenvalue weighted by Gasteiger charge is 2.20. The van der Waals surface area contributed by atoms with Crippen LogP contribution in [0.5, 0.6) is 0 Å². The summed E-state index contributed by atoms with van der Waals surface area (Å²) in [5.41, 5.74) is 5.39. The van der Waals surface area contributed by atoms with Gasteiger partial charge in [-0.1, -0.05) is 70.5 Å². The van der Waals surface area contributed by atoms with Crippen LogP contribution in [0.4, 0.5) is 10.5 Å². The first-order valence-corrected chi connectivity index (χ1v) is 13.2. The third-order valence-electron chi connectivity index (χ3n) is 6.26. The van der Waals surface area contributed by atoms with E-state index in [0.29, 0.717) is 16.9 Å². The van der Waals surface area contributed by atoms with Crippen molar-refractivity contribution in [3.05, 3.63) is 106 Å². The standard InChI is InChI=1S/C30H31BrN4O3/c1-19(18-22-10-16-26(31)17-11-22)32-29(36)25-14-12-24(13-15-25)28-27(20(2)34-35(28)4)33-30(37)38-21(3)23-8-6-5-7-9-23/h5-17,19,21H,18H2,1-4H3,(H,32,36)(H,33,37)/t19-,21-/m1/s1. The molecule has 3 aromatic carbocycles. The highest BCUT2D eigenvalue weighted by molar-refractivity contribution is 9.10. The fourth-order valence-corrected chi connectivity index (χ4v) is 4.60. The summed E-state index contributed by atoms with van der Waals surface area (Å²) < 4.78 is 8.32. The zero-order valence-corrected chi connectivity index (χ0v) is 23.5. The smallest absolute Gasteiger partial charge is 0.412 e. The Morgan fingerprint density at radius 3 is 2.29 bits per heavy atom. The number of nitrogens with zero attached hydrogens (tertiary/aromatic N) is 2. The molecule has 0 unspecified atom stereocenters. The SMILES string of the molecule is Cc1nn(C)c(-c2ccc(C(=O)N[C@H](C)Cc3ccc(Br)cc3)cc2)c1NC(=O)O[C@H](C)c1ccccc1. The molecular formula is C30H31BrN4O3. The van der Waals surface area contributed by atoms with E-state index in [1.54, 1.807) is 16.8 Å². The number of nitrogens with one attached hydrogen (secondary N) is 2. The van der Waals surface area contributed by atoms with Crippen LogP contribution in [-0.4, -0.2) is 27.8 Å². The second kappa shape index (κ2) is 12.1. The van der Waals surface area contributed by atoms with Crippen LogP contribution in [0.15, 0.2) is 83.3 Å². The van der Waals surface area contributed by atoms with Crippen molar-refractivity contribution < 1.29 is 14.3 Å². The first-order chi connectivity index (χ1) is 18.2. The Labute approximate surface area is 231 Å². The summed E-state index contributed by atoms with van der Waals surface area (Å²) in [6.07, 6.45) is -0.227. The predicted octanol–water partition coefficient (Wildman–Crippen LogP) is 6.83. The first kappa shape index (κ1) is 27.1. The molecule has 8 heteroatoms. The Morgan fingerprint density at radius 2 is 1.63 bits per heavy atom. The molecule has 7 nitrogen and oxygen atoms in total. The number of aryl methyl sites for hydroxylation is 2. The fourth-order valence-electron chi connectivity index (χ4n) is 4.33. The van der Waals surface area contributed by atoms with E-state index < -0.39 is 12.2 Å². The molecule has 1 aromatic heterocycles. The van der Waals surface area contributed by atoms with Crippen LogP contribution in [0.2, 0.25) is 0 Å². The zero-order chi connectivity index (χ0) is 27.2. The van der Waals surface area contributed by atoms with Gasteiger partial charge in [0.15, 0.2) is 0 Å². The number of hydrogen-bond donors (Lipinski definition) is 2. The summed E-state index contributed by atoms with van der Waals surface area (Å²) in [6.45, 7) is 5.65. The number of rotatable bonds is 8. The van der Waals surface area contributed by atoms with Gasteiger partial charge >= 0.3 is 6.09 Å². The van der Waals surface area contributed by atoms with Crippen LogP contribution in [0.3, 0.4) is 0 Å². The van der Waals surface area contributed by atoms with Gasteiger partial charge in [0.2, 0.25) is 0 Å². The minimum Gasteiger partial charge on any atom is -0.441 e. The Bertz CT molecular complexity index is 1400. The number of amides is 2. The number of aromatic nitrogens is 2. The van der Waals surface area contributed by atoms with E-state index in [-0.39, 0.29) is 11.9 Å².